The van der Waals surface area contributed by atoms with Crippen molar-refractivity contribution >= 4 is 23.4 Å². The number of hydrogen-bond acceptors (Lipinski definition) is 2. The van der Waals surface area contributed by atoms with Gasteiger partial charge in [-0.3, -0.25) is 9.59 Å². The van der Waals surface area contributed by atoms with Gasteiger partial charge in [-0.2, -0.15) is 0 Å². The molecule has 0 bridgehead atoms. The number of rotatable bonds is 7. The molecule has 0 spiro atoms. The van der Waals surface area contributed by atoms with E-state index in [1.165, 1.54) is 0 Å². The van der Waals surface area contributed by atoms with E-state index >= 15 is 0 Å². The van der Waals surface area contributed by atoms with E-state index in [-0.39, 0.29) is 18.2 Å². The summed E-state index contributed by atoms with van der Waals surface area (Å²) in [6, 6.07) is 7.24. The van der Waals surface area contributed by atoms with E-state index < -0.39 is 5.54 Å². The van der Waals surface area contributed by atoms with Crippen LogP contribution in [0.5, 0.6) is 0 Å². The van der Waals surface area contributed by atoms with Crippen molar-refractivity contribution < 1.29 is 9.59 Å². The number of hydrogen-bond donors (Lipinski definition) is 2. The lowest BCUT2D eigenvalue weighted by Gasteiger charge is -2.36. The largest absolute Gasteiger partial charge is 0.354 e. The first-order valence-corrected chi connectivity index (χ1v) is 9.27. The number of halogens is 1. The van der Waals surface area contributed by atoms with Crippen LogP contribution in [0.25, 0.3) is 0 Å². The van der Waals surface area contributed by atoms with E-state index in [1.807, 2.05) is 12.1 Å². The van der Waals surface area contributed by atoms with Gasteiger partial charge in [0.1, 0.15) is 5.54 Å². The second-order valence-corrected chi connectivity index (χ2v) is 7.04. The van der Waals surface area contributed by atoms with Crippen LogP contribution in [0.3, 0.4) is 0 Å². The summed E-state index contributed by atoms with van der Waals surface area (Å²) in [6.45, 7) is 2.76. The number of benzene rings is 1. The van der Waals surface area contributed by atoms with Crippen LogP contribution in [0.1, 0.15) is 57.4 Å². The van der Waals surface area contributed by atoms with Crippen molar-refractivity contribution in [1.82, 2.24) is 10.6 Å². The monoisotopic (exact) mass is 350 g/mol. The third-order valence-electron chi connectivity index (χ3n) is 4.61. The maximum atomic E-state index is 12.7. The molecule has 1 aliphatic carbocycles. The first-order valence-electron chi connectivity index (χ1n) is 8.89. The number of carbonyl (C=O) groups excluding carboxylic acids is 2. The maximum absolute atomic E-state index is 12.7. The van der Waals surface area contributed by atoms with Crippen LogP contribution < -0.4 is 10.6 Å². The van der Waals surface area contributed by atoms with E-state index in [4.69, 9.17) is 11.6 Å². The molecule has 0 aliphatic heterocycles. The molecule has 1 aliphatic rings. The first-order chi connectivity index (χ1) is 11.6. The molecule has 1 aromatic rings. The molecule has 0 unspecified atom stereocenters. The Labute approximate surface area is 149 Å². The van der Waals surface area contributed by atoms with E-state index in [0.29, 0.717) is 11.6 Å². The third-order valence-corrected chi connectivity index (χ3v) is 4.87. The molecule has 5 heteroatoms. The van der Waals surface area contributed by atoms with Crippen LogP contribution >= 0.6 is 11.6 Å². The molecule has 0 aromatic heterocycles. The maximum Gasteiger partial charge on any atom is 0.245 e. The minimum atomic E-state index is -0.741. The molecule has 1 fully saturated rings. The molecule has 0 atom stereocenters. The highest BCUT2D eigenvalue weighted by molar-refractivity contribution is 6.30. The Bertz CT molecular complexity index is 551. The molecule has 132 valence electrons. The van der Waals surface area contributed by atoms with Gasteiger partial charge in [-0.1, -0.05) is 56.3 Å². The summed E-state index contributed by atoms with van der Waals surface area (Å²) < 4.78 is 0. The van der Waals surface area contributed by atoms with Crippen molar-refractivity contribution in [1.29, 1.82) is 0 Å². The van der Waals surface area contributed by atoms with Gasteiger partial charge in [-0.05, 0) is 37.0 Å². The number of nitrogens with one attached hydrogen (secondary N) is 2. The molecule has 0 saturated heterocycles. The molecular weight excluding hydrogens is 324 g/mol. The van der Waals surface area contributed by atoms with Gasteiger partial charge in [0.15, 0.2) is 0 Å². The molecule has 2 amide bonds. The van der Waals surface area contributed by atoms with Crippen LogP contribution in [0.15, 0.2) is 24.3 Å². The fourth-order valence-electron chi connectivity index (χ4n) is 3.21. The Morgan fingerprint density at radius 1 is 1.12 bits per heavy atom. The summed E-state index contributed by atoms with van der Waals surface area (Å²) in [5.41, 5.74) is 0.157. The lowest BCUT2D eigenvalue weighted by Crippen LogP contribution is -2.60. The molecule has 0 heterocycles. The molecular formula is C19H27ClN2O2. The predicted molar refractivity (Wildman–Crippen MR) is 97.0 cm³/mol. The van der Waals surface area contributed by atoms with E-state index in [9.17, 15) is 9.59 Å². The Balaban J connectivity index is 2.00. The predicted octanol–water partition coefficient (Wildman–Crippen LogP) is 3.62. The number of carbonyl (C=O) groups is 2. The highest BCUT2D eigenvalue weighted by Gasteiger charge is 2.40. The fourth-order valence-corrected chi connectivity index (χ4v) is 3.34. The molecule has 0 radical (unpaired) electrons. The highest BCUT2D eigenvalue weighted by atomic mass is 35.5. The number of unbranched alkanes of at least 4 members (excludes halogenated alkanes) is 1. The van der Waals surface area contributed by atoms with Crippen molar-refractivity contribution in [2.24, 2.45) is 0 Å². The Kier molecular flexibility index (Phi) is 7.10. The summed E-state index contributed by atoms with van der Waals surface area (Å²) in [7, 11) is 0. The number of amides is 2. The van der Waals surface area contributed by atoms with E-state index in [2.05, 4.69) is 17.6 Å². The van der Waals surface area contributed by atoms with E-state index in [1.54, 1.807) is 12.1 Å². The zero-order valence-corrected chi connectivity index (χ0v) is 15.1. The van der Waals surface area contributed by atoms with Gasteiger partial charge in [-0.25, -0.2) is 0 Å². The lowest BCUT2D eigenvalue weighted by atomic mass is 9.80. The summed E-state index contributed by atoms with van der Waals surface area (Å²) in [4.78, 5) is 25.2. The van der Waals surface area contributed by atoms with E-state index in [0.717, 1.165) is 50.5 Å². The van der Waals surface area contributed by atoms with Crippen LogP contribution in [-0.4, -0.2) is 23.9 Å². The fraction of sp³-hybridized carbons (Fsp3) is 0.579. The van der Waals surface area contributed by atoms with Crippen LogP contribution in [-0.2, 0) is 16.0 Å². The van der Waals surface area contributed by atoms with Gasteiger partial charge in [0.2, 0.25) is 11.8 Å². The molecule has 1 saturated carbocycles. The van der Waals surface area contributed by atoms with Crippen molar-refractivity contribution in [2.75, 3.05) is 6.54 Å². The smallest absolute Gasteiger partial charge is 0.245 e. The van der Waals surface area contributed by atoms with Gasteiger partial charge in [-0.15, -0.1) is 0 Å². The summed E-state index contributed by atoms with van der Waals surface area (Å²) in [6.07, 6.45) is 6.77. The Morgan fingerprint density at radius 3 is 2.42 bits per heavy atom. The highest BCUT2D eigenvalue weighted by Crippen LogP contribution is 2.28. The zero-order valence-electron chi connectivity index (χ0n) is 14.4. The Hall–Kier alpha value is -1.55. The molecule has 2 rings (SSSR count). The summed E-state index contributed by atoms with van der Waals surface area (Å²) in [5.74, 6) is -0.134. The van der Waals surface area contributed by atoms with Gasteiger partial charge in [0, 0.05) is 11.6 Å². The van der Waals surface area contributed by atoms with Gasteiger partial charge in [0.25, 0.3) is 0 Å². The first kappa shape index (κ1) is 18.8. The Morgan fingerprint density at radius 2 is 1.79 bits per heavy atom. The van der Waals surface area contributed by atoms with Crippen LogP contribution in [0.2, 0.25) is 5.02 Å². The lowest BCUT2D eigenvalue weighted by molar-refractivity contribution is -0.134. The van der Waals surface area contributed by atoms with Crippen molar-refractivity contribution in [3.05, 3.63) is 34.9 Å². The van der Waals surface area contributed by atoms with Crippen LogP contribution in [0.4, 0.5) is 0 Å². The molecule has 4 nitrogen and oxygen atoms in total. The van der Waals surface area contributed by atoms with Gasteiger partial charge in [0.05, 0.1) is 6.42 Å². The van der Waals surface area contributed by atoms with Crippen LogP contribution in [0, 0.1) is 0 Å². The summed E-state index contributed by atoms with van der Waals surface area (Å²) >= 11 is 5.87. The zero-order chi connectivity index (χ0) is 17.4. The average molecular weight is 351 g/mol. The summed E-state index contributed by atoms with van der Waals surface area (Å²) in [5, 5.41) is 6.69. The normalized spacial score (nSPS) is 16.4. The molecule has 2 N–H and O–H groups in total. The van der Waals surface area contributed by atoms with Gasteiger partial charge >= 0.3 is 0 Å². The minimum absolute atomic E-state index is 0.0277. The SMILES string of the molecule is CCCCNC(=O)C1(NC(=O)Cc2ccc(Cl)cc2)CCCCC1. The van der Waals surface area contributed by atoms with Crippen molar-refractivity contribution in [2.45, 2.75) is 63.8 Å². The second kappa shape index (κ2) is 9.07. The molecule has 1 aromatic carbocycles. The molecule has 24 heavy (non-hydrogen) atoms. The second-order valence-electron chi connectivity index (χ2n) is 6.60. The quantitative estimate of drug-likeness (QED) is 0.738. The van der Waals surface area contributed by atoms with Crippen molar-refractivity contribution in [3.8, 4) is 0 Å². The minimum Gasteiger partial charge on any atom is -0.354 e. The standard InChI is InChI=1S/C19H27ClN2O2/c1-2-3-13-21-18(24)19(11-5-4-6-12-19)22-17(23)14-15-7-9-16(20)10-8-15/h7-10H,2-6,11-14H2,1H3,(H,21,24)(H,22,23). The third kappa shape index (κ3) is 5.23. The van der Waals surface area contributed by atoms with Gasteiger partial charge < -0.3 is 10.6 Å². The van der Waals surface area contributed by atoms with Crippen molar-refractivity contribution in [3.63, 3.8) is 0 Å². The topological polar surface area (TPSA) is 58.2 Å². The average Bonchev–Trinajstić information content (AvgIpc) is 2.58.